The Morgan fingerprint density at radius 2 is 1.02 bits per heavy atom. The van der Waals surface area contributed by atoms with Gasteiger partial charge in [0.2, 0.25) is 0 Å². The van der Waals surface area contributed by atoms with Gasteiger partial charge in [-0.15, -0.1) is 0 Å². The van der Waals surface area contributed by atoms with E-state index in [9.17, 15) is 0 Å². The van der Waals surface area contributed by atoms with Gasteiger partial charge in [-0.05, 0) is 68.1 Å². The van der Waals surface area contributed by atoms with Crippen LogP contribution in [0.25, 0.3) is 99.9 Å². The topological polar surface area (TPSA) is 51.8 Å². The molecule has 0 saturated carbocycles. The maximum Gasteiger partial charge on any atom is 0.164 e. The van der Waals surface area contributed by atoms with Crippen LogP contribution in [0, 0.1) is 0 Å². The van der Waals surface area contributed by atoms with Crippen molar-refractivity contribution in [2.24, 2.45) is 0 Å². The van der Waals surface area contributed by atoms with Crippen LogP contribution in [0.5, 0.6) is 0 Å². The first-order valence-corrected chi connectivity index (χ1v) is 16.4. The fraction of sp³-hybridized carbons (Fsp3) is 0. The number of rotatable bonds is 5. The molecule has 4 nitrogen and oxygen atoms in total. The number of benzene rings is 8. The highest BCUT2D eigenvalue weighted by Gasteiger charge is 2.18. The number of aromatic nitrogens is 3. The van der Waals surface area contributed by atoms with Gasteiger partial charge in [0.15, 0.2) is 17.5 Å². The Kier molecular flexibility index (Phi) is 4.96. The summed E-state index contributed by atoms with van der Waals surface area (Å²) in [6, 6.07) is 34.1. The first-order valence-electron chi connectivity index (χ1n) is 20.9. The van der Waals surface area contributed by atoms with Crippen molar-refractivity contribution in [3.05, 3.63) is 176 Å². The van der Waals surface area contributed by atoms with Crippen molar-refractivity contribution in [1.82, 2.24) is 15.0 Å². The van der Waals surface area contributed by atoms with Crippen LogP contribution in [0.4, 0.5) is 0 Å². The molecule has 0 fully saturated rings. The minimum atomic E-state index is -0.651. The van der Waals surface area contributed by atoms with Gasteiger partial charge in [-0.1, -0.05) is 151 Å². The SMILES string of the molecule is [2H]c1c([2H])c([2H])c(-c2c([2H])c([2H])c(-c3nc(-c4ccccc4)nc(-c4ccc5oc6cc(-c7cccc8ccccc78)c7ccccc7c6c5c4)n3)c([2H])c2[2H])c([2H])c1[2H]. The van der Waals surface area contributed by atoms with E-state index >= 15 is 0 Å². The molecule has 0 radical (unpaired) electrons. The summed E-state index contributed by atoms with van der Waals surface area (Å²) in [5.74, 6) is 0.300. The molecule has 0 saturated heterocycles. The third-order valence-electron chi connectivity index (χ3n) is 9.08. The minimum Gasteiger partial charge on any atom is -0.456 e. The Morgan fingerprint density at radius 3 is 1.82 bits per heavy atom. The van der Waals surface area contributed by atoms with Gasteiger partial charge >= 0.3 is 0 Å². The number of furan rings is 1. The zero-order valence-corrected chi connectivity index (χ0v) is 26.8. The molecule has 51 heavy (non-hydrogen) atoms. The van der Waals surface area contributed by atoms with Gasteiger partial charge in [0.25, 0.3) is 0 Å². The molecular formula is C47H29N3O. The molecule has 0 amide bonds. The summed E-state index contributed by atoms with van der Waals surface area (Å²) in [7, 11) is 0. The lowest BCUT2D eigenvalue weighted by atomic mass is 9.92. The molecule has 0 unspecified atom stereocenters. The van der Waals surface area contributed by atoms with Crippen LogP contribution in [-0.4, -0.2) is 15.0 Å². The highest BCUT2D eigenvalue weighted by Crippen LogP contribution is 2.42. The average Bonchev–Trinajstić information content (AvgIpc) is 3.66. The van der Waals surface area contributed by atoms with Gasteiger partial charge in [-0.3, -0.25) is 0 Å². The van der Waals surface area contributed by atoms with Gasteiger partial charge in [-0.25, -0.2) is 15.0 Å². The van der Waals surface area contributed by atoms with Crippen LogP contribution in [0.2, 0.25) is 0 Å². The number of fused-ring (bicyclic) bond motifs is 6. The monoisotopic (exact) mass is 660 g/mol. The van der Waals surface area contributed by atoms with Gasteiger partial charge < -0.3 is 4.42 Å². The van der Waals surface area contributed by atoms with Crippen LogP contribution in [-0.2, 0) is 0 Å². The molecule has 0 aliphatic carbocycles. The molecule has 0 aliphatic rings. The maximum atomic E-state index is 9.12. The highest BCUT2D eigenvalue weighted by atomic mass is 16.3. The molecule has 10 aromatic rings. The molecule has 0 atom stereocenters. The highest BCUT2D eigenvalue weighted by molar-refractivity contribution is 6.23. The Balaban J connectivity index is 1.19. The third-order valence-corrected chi connectivity index (χ3v) is 9.08. The normalized spacial score (nSPS) is 14.0. The summed E-state index contributed by atoms with van der Waals surface area (Å²) in [6.07, 6.45) is 0. The van der Waals surface area contributed by atoms with E-state index in [0.717, 1.165) is 43.4 Å². The summed E-state index contributed by atoms with van der Waals surface area (Å²) < 4.78 is 84.1. The van der Waals surface area contributed by atoms with Crippen LogP contribution < -0.4 is 0 Å². The van der Waals surface area contributed by atoms with E-state index in [2.05, 4.69) is 53.5 Å². The minimum absolute atomic E-state index is 0.134. The van der Waals surface area contributed by atoms with Crippen molar-refractivity contribution in [2.45, 2.75) is 0 Å². The van der Waals surface area contributed by atoms with Crippen molar-refractivity contribution < 1.29 is 16.8 Å². The van der Waals surface area contributed by atoms with E-state index in [0.29, 0.717) is 22.3 Å². The standard InChI is InChI=1S/C47H29N3O/c1-3-12-30(13-4-1)31-22-24-34(25-23-31)46-48-45(33-15-5-2-6-16-33)49-47(50-46)35-26-27-42-41(28-35)44-39-20-10-9-19-38(39)40(29-43(44)51-42)37-21-11-17-32-14-7-8-18-36(32)37/h1-29H/i1D,3D,4D,12D,13D,22D,23D,24D,25D. The first-order chi connectivity index (χ1) is 29.0. The quantitative estimate of drug-likeness (QED) is 0.184. The van der Waals surface area contributed by atoms with E-state index in [4.69, 9.17) is 26.7 Å². The fourth-order valence-electron chi connectivity index (χ4n) is 6.72. The van der Waals surface area contributed by atoms with Crippen LogP contribution in [0.3, 0.4) is 0 Å². The summed E-state index contributed by atoms with van der Waals surface area (Å²) in [4.78, 5) is 14.3. The van der Waals surface area contributed by atoms with Crippen molar-refractivity contribution in [3.63, 3.8) is 0 Å². The van der Waals surface area contributed by atoms with Gasteiger partial charge in [-0.2, -0.15) is 0 Å². The Labute approximate surface area is 307 Å². The fourth-order valence-corrected chi connectivity index (χ4v) is 6.72. The van der Waals surface area contributed by atoms with Gasteiger partial charge in [0.05, 0.1) is 12.3 Å². The predicted molar refractivity (Wildman–Crippen MR) is 209 cm³/mol. The Morgan fingerprint density at radius 1 is 0.392 bits per heavy atom. The second-order valence-corrected chi connectivity index (χ2v) is 12.1. The zero-order chi connectivity index (χ0) is 41.6. The molecule has 238 valence electrons. The summed E-state index contributed by atoms with van der Waals surface area (Å²) in [5, 5.41) is 6.05. The van der Waals surface area contributed by atoms with Crippen molar-refractivity contribution in [2.75, 3.05) is 0 Å². The lowest BCUT2D eigenvalue weighted by molar-refractivity contribution is 0.669. The smallest absolute Gasteiger partial charge is 0.164 e. The molecule has 8 aromatic carbocycles. The summed E-state index contributed by atoms with van der Waals surface area (Å²) >= 11 is 0. The second-order valence-electron chi connectivity index (χ2n) is 12.1. The van der Waals surface area contributed by atoms with E-state index < -0.39 is 65.5 Å². The van der Waals surface area contributed by atoms with Gasteiger partial charge in [0, 0.05) is 27.5 Å². The molecule has 0 spiro atoms. The summed E-state index contributed by atoms with van der Waals surface area (Å²) in [6.45, 7) is 0. The average molecular weight is 661 g/mol. The van der Waals surface area contributed by atoms with Crippen LogP contribution in [0.15, 0.2) is 180 Å². The van der Waals surface area contributed by atoms with E-state index in [-0.39, 0.29) is 23.0 Å². The number of nitrogens with zero attached hydrogens (tertiary/aromatic N) is 3. The van der Waals surface area contributed by atoms with Gasteiger partial charge in [0.1, 0.15) is 11.2 Å². The third kappa shape index (κ3) is 5.04. The Bertz CT molecular complexity index is 3380. The molecule has 2 aromatic heterocycles. The van der Waals surface area contributed by atoms with Crippen LogP contribution in [0.1, 0.15) is 12.3 Å². The largest absolute Gasteiger partial charge is 0.456 e. The van der Waals surface area contributed by atoms with Crippen molar-refractivity contribution in [3.8, 4) is 56.4 Å². The first kappa shape index (κ1) is 21.2. The Hall–Kier alpha value is -6.91. The number of hydrogen-bond donors (Lipinski definition) is 0. The molecule has 0 bridgehead atoms. The predicted octanol–water partition coefficient (Wildman–Crippen LogP) is 12.4. The van der Waals surface area contributed by atoms with Crippen LogP contribution >= 0.6 is 0 Å². The lowest BCUT2D eigenvalue weighted by Gasteiger charge is -2.11. The molecule has 2 heterocycles. The van der Waals surface area contributed by atoms with E-state index in [1.807, 2.05) is 72.8 Å². The molecule has 4 heteroatoms. The van der Waals surface area contributed by atoms with E-state index in [1.165, 1.54) is 0 Å². The zero-order valence-electron chi connectivity index (χ0n) is 35.8. The van der Waals surface area contributed by atoms with Crippen molar-refractivity contribution in [1.29, 1.82) is 0 Å². The molecular weight excluding hydrogens is 623 g/mol. The number of hydrogen-bond acceptors (Lipinski definition) is 4. The molecule has 10 rings (SSSR count). The maximum absolute atomic E-state index is 9.12. The second kappa shape index (κ2) is 11.9. The molecule has 0 N–H and O–H groups in total. The lowest BCUT2D eigenvalue weighted by Crippen LogP contribution is -2.00. The van der Waals surface area contributed by atoms with Crippen molar-refractivity contribution >= 4 is 43.5 Å². The van der Waals surface area contributed by atoms with E-state index in [1.54, 1.807) is 0 Å². The molecule has 0 aliphatic heterocycles. The summed E-state index contributed by atoms with van der Waals surface area (Å²) in [5.41, 5.74) is 3.61.